The minimum atomic E-state index is -0.397. The van der Waals surface area contributed by atoms with E-state index in [1.54, 1.807) is 42.6 Å². The van der Waals surface area contributed by atoms with E-state index in [0.29, 0.717) is 22.9 Å². The zero-order valence-corrected chi connectivity index (χ0v) is 16.4. The van der Waals surface area contributed by atoms with Gasteiger partial charge in [-0.3, -0.25) is 4.79 Å². The van der Waals surface area contributed by atoms with Gasteiger partial charge in [0.15, 0.2) is 6.61 Å². The van der Waals surface area contributed by atoms with Crippen molar-refractivity contribution in [1.82, 2.24) is 10.3 Å². The Morgan fingerprint density at radius 1 is 1.07 bits per heavy atom. The number of ether oxygens (including phenoxy) is 2. The molecule has 0 fully saturated rings. The van der Waals surface area contributed by atoms with Gasteiger partial charge in [-0.1, -0.05) is 12.1 Å². The van der Waals surface area contributed by atoms with Crippen LogP contribution in [0.1, 0.15) is 5.56 Å². The largest absolute Gasteiger partial charge is 0.484 e. The van der Waals surface area contributed by atoms with E-state index < -0.39 is 5.82 Å². The van der Waals surface area contributed by atoms with Crippen LogP contribution in [-0.2, 0) is 11.3 Å². The van der Waals surface area contributed by atoms with Crippen molar-refractivity contribution in [1.29, 1.82) is 0 Å². The predicted octanol–water partition coefficient (Wildman–Crippen LogP) is 4.31. The number of hydrogen-bond acceptors (Lipinski definition) is 4. The molecule has 0 saturated heterocycles. The Kier molecular flexibility index (Phi) is 6.59. The van der Waals surface area contributed by atoms with Crippen LogP contribution in [0.2, 0.25) is 0 Å². The van der Waals surface area contributed by atoms with E-state index in [4.69, 9.17) is 9.47 Å². The second kappa shape index (κ2) is 9.31. The Bertz CT molecular complexity index is 919. The van der Waals surface area contributed by atoms with Crippen LogP contribution >= 0.6 is 22.6 Å². The summed E-state index contributed by atoms with van der Waals surface area (Å²) in [6.45, 7) is 0.119. The van der Waals surface area contributed by atoms with E-state index in [9.17, 15) is 9.18 Å². The summed E-state index contributed by atoms with van der Waals surface area (Å²) in [4.78, 5) is 16.2. The van der Waals surface area contributed by atoms with Crippen LogP contribution in [0.15, 0.2) is 66.9 Å². The number of pyridine rings is 1. The van der Waals surface area contributed by atoms with Gasteiger partial charge in [0.1, 0.15) is 17.3 Å². The molecule has 2 aromatic carbocycles. The highest BCUT2D eigenvalue weighted by molar-refractivity contribution is 14.1. The average molecular weight is 478 g/mol. The van der Waals surface area contributed by atoms with Crippen molar-refractivity contribution in [3.8, 4) is 17.4 Å². The molecule has 0 aliphatic rings. The van der Waals surface area contributed by atoms with Crippen LogP contribution in [0.25, 0.3) is 0 Å². The highest BCUT2D eigenvalue weighted by Crippen LogP contribution is 2.23. The molecule has 7 heteroatoms. The molecule has 0 aliphatic heterocycles. The van der Waals surface area contributed by atoms with E-state index in [1.807, 2.05) is 12.1 Å². The zero-order valence-electron chi connectivity index (χ0n) is 14.2. The normalized spacial score (nSPS) is 10.3. The number of amides is 1. The highest BCUT2D eigenvalue weighted by atomic mass is 127. The van der Waals surface area contributed by atoms with Crippen LogP contribution in [-0.4, -0.2) is 17.5 Å². The minimum absolute atomic E-state index is 0.0963. The SMILES string of the molecule is O=C(COc1ccc(I)cc1)NCc1cccnc1Oc1cccc(F)c1. The van der Waals surface area contributed by atoms with Crippen LogP contribution in [0.4, 0.5) is 4.39 Å². The molecule has 0 spiro atoms. The molecule has 1 N–H and O–H groups in total. The molecule has 5 nitrogen and oxygen atoms in total. The maximum atomic E-state index is 13.3. The quantitative estimate of drug-likeness (QED) is 0.515. The molecule has 0 atom stereocenters. The number of carbonyl (C=O) groups excluding carboxylic acids is 1. The molecule has 0 saturated carbocycles. The van der Waals surface area contributed by atoms with Gasteiger partial charge in [0, 0.05) is 27.9 Å². The first-order valence-electron chi connectivity index (χ1n) is 8.12. The third-order valence-corrected chi connectivity index (χ3v) is 4.24. The van der Waals surface area contributed by atoms with E-state index in [1.165, 1.54) is 12.1 Å². The number of nitrogens with zero attached hydrogens (tertiary/aromatic N) is 1. The molecule has 0 radical (unpaired) electrons. The third kappa shape index (κ3) is 5.92. The lowest BCUT2D eigenvalue weighted by atomic mass is 10.2. The van der Waals surface area contributed by atoms with Gasteiger partial charge in [-0.2, -0.15) is 0 Å². The predicted molar refractivity (Wildman–Crippen MR) is 107 cm³/mol. The first-order valence-corrected chi connectivity index (χ1v) is 9.20. The number of rotatable bonds is 7. The topological polar surface area (TPSA) is 60.5 Å². The zero-order chi connectivity index (χ0) is 19.1. The van der Waals surface area contributed by atoms with Crippen molar-refractivity contribution in [3.05, 3.63) is 81.8 Å². The summed E-state index contributed by atoms with van der Waals surface area (Å²) in [6, 6.07) is 16.7. The van der Waals surface area contributed by atoms with Crippen molar-refractivity contribution >= 4 is 28.5 Å². The van der Waals surface area contributed by atoms with Gasteiger partial charge in [-0.05, 0) is 65.1 Å². The van der Waals surface area contributed by atoms with Gasteiger partial charge in [-0.15, -0.1) is 0 Å². The molecule has 27 heavy (non-hydrogen) atoms. The molecular formula is C20H16FIN2O3. The summed E-state index contributed by atoms with van der Waals surface area (Å²) in [5.41, 5.74) is 0.671. The van der Waals surface area contributed by atoms with Gasteiger partial charge in [0.25, 0.3) is 5.91 Å². The Balaban J connectivity index is 1.56. The smallest absolute Gasteiger partial charge is 0.258 e. The number of hydrogen-bond donors (Lipinski definition) is 1. The Morgan fingerprint density at radius 2 is 1.89 bits per heavy atom. The van der Waals surface area contributed by atoms with Crippen LogP contribution in [0.5, 0.6) is 17.4 Å². The molecule has 0 unspecified atom stereocenters. The van der Waals surface area contributed by atoms with Crippen LogP contribution in [0, 0.1) is 9.39 Å². The van der Waals surface area contributed by atoms with Crippen molar-refractivity contribution in [2.45, 2.75) is 6.54 Å². The minimum Gasteiger partial charge on any atom is -0.484 e. The van der Waals surface area contributed by atoms with Gasteiger partial charge < -0.3 is 14.8 Å². The van der Waals surface area contributed by atoms with E-state index in [2.05, 4.69) is 32.9 Å². The third-order valence-electron chi connectivity index (χ3n) is 3.52. The summed E-state index contributed by atoms with van der Waals surface area (Å²) in [5, 5.41) is 2.76. The van der Waals surface area contributed by atoms with Gasteiger partial charge in [0.05, 0.1) is 0 Å². The van der Waals surface area contributed by atoms with E-state index >= 15 is 0 Å². The van der Waals surface area contributed by atoms with Crippen molar-refractivity contribution < 1.29 is 18.7 Å². The van der Waals surface area contributed by atoms with E-state index in [-0.39, 0.29) is 19.1 Å². The summed E-state index contributed by atoms with van der Waals surface area (Å²) in [7, 11) is 0. The molecule has 3 aromatic rings. The lowest BCUT2D eigenvalue weighted by Crippen LogP contribution is -2.28. The maximum Gasteiger partial charge on any atom is 0.258 e. The number of benzene rings is 2. The number of carbonyl (C=O) groups is 1. The first kappa shape index (κ1) is 19.1. The number of aromatic nitrogens is 1. The van der Waals surface area contributed by atoms with Crippen molar-refractivity contribution in [2.75, 3.05) is 6.61 Å². The second-order valence-electron chi connectivity index (χ2n) is 5.55. The average Bonchev–Trinajstić information content (AvgIpc) is 2.67. The lowest BCUT2D eigenvalue weighted by molar-refractivity contribution is -0.123. The van der Waals surface area contributed by atoms with Gasteiger partial charge >= 0.3 is 0 Å². The Hall–Kier alpha value is -2.68. The van der Waals surface area contributed by atoms with Crippen LogP contribution < -0.4 is 14.8 Å². The van der Waals surface area contributed by atoms with Crippen molar-refractivity contribution in [2.24, 2.45) is 0 Å². The maximum absolute atomic E-state index is 13.3. The molecule has 1 aromatic heterocycles. The van der Waals surface area contributed by atoms with E-state index in [0.717, 1.165) is 3.57 Å². The van der Waals surface area contributed by atoms with Crippen LogP contribution in [0.3, 0.4) is 0 Å². The summed E-state index contributed by atoms with van der Waals surface area (Å²) >= 11 is 2.20. The summed E-state index contributed by atoms with van der Waals surface area (Å²) in [6.07, 6.45) is 1.57. The van der Waals surface area contributed by atoms with Gasteiger partial charge in [-0.25, -0.2) is 9.37 Å². The fraction of sp³-hybridized carbons (Fsp3) is 0.100. The Morgan fingerprint density at radius 3 is 2.67 bits per heavy atom. The summed E-state index contributed by atoms with van der Waals surface area (Å²) < 4.78 is 25.5. The second-order valence-corrected chi connectivity index (χ2v) is 6.79. The van der Waals surface area contributed by atoms with Crippen molar-refractivity contribution in [3.63, 3.8) is 0 Å². The number of halogens is 2. The Labute approximate surface area is 169 Å². The lowest BCUT2D eigenvalue weighted by Gasteiger charge is -2.11. The fourth-order valence-electron chi connectivity index (χ4n) is 2.22. The number of nitrogens with one attached hydrogen (secondary N) is 1. The molecule has 3 rings (SSSR count). The molecule has 1 heterocycles. The molecule has 0 bridgehead atoms. The monoisotopic (exact) mass is 478 g/mol. The molecule has 0 aliphatic carbocycles. The molecule has 138 valence electrons. The van der Waals surface area contributed by atoms with Gasteiger partial charge in [0.2, 0.25) is 5.88 Å². The molecular weight excluding hydrogens is 462 g/mol. The highest BCUT2D eigenvalue weighted by Gasteiger charge is 2.09. The molecule has 1 amide bonds. The first-order chi connectivity index (χ1) is 13.1. The standard InChI is InChI=1S/C20H16FIN2O3/c21-15-4-1-5-18(11-15)27-20-14(3-2-10-23-20)12-24-19(25)13-26-17-8-6-16(22)7-9-17/h1-11H,12-13H2,(H,24,25). The fourth-order valence-corrected chi connectivity index (χ4v) is 2.58. The summed E-state index contributed by atoms with van der Waals surface area (Å²) in [5.74, 6) is 0.604.